The van der Waals surface area contributed by atoms with E-state index in [0.29, 0.717) is 47.5 Å². The molecule has 0 aliphatic carbocycles. The van der Waals surface area contributed by atoms with Gasteiger partial charge in [0.2, 0.25) is 0 Å². The largest absolute Gasteiger partial charge is 0.433 e. The molecule has 0 spiro atoms. The first-order valence-electron chi connectivity index (χ1n) is 13.6. The molecule has 4 rings (SSSR count). The van der Waals surface area contributed by atoms with Crippen molar-refractivity contribution in [1.29, 1.82) is 0 Å². The maximum atomic E-state index is 15.8. The van der Waals surface area contributed by atoms with Gasteiger partial charge in [-0.1, -0.05) is 72.8 Å². The Labute approximate surface area is 256 Å². The predicted octanol–water partition coefficient (Wildman–Crippen LogP) is 11.6. The Kier molecular flexibility index (Phi) is 8.63. The molecule has 0 radical (unpaired) electrons. The van der Waals surface area contributed by atoms with E-state index in [1.807, 2.05) is 0 Å². The lowest BCUT2D eigenvalue weighted by Gasteiger charge is -2.36. The van der Waals surface area contributed by atoms with Gasteiger partial charge in [0.25, 0.3) is 11.3 Å². The number of benzene rings is 4. The van der Waals surface area contributed by atoms with Crippen molar-refractivity contribution in [2.75, 3.05) is 0 Å². The number of aryl methyl sites for hydroxylation is 4. The molecule has 46 heavy (non-hydrogen) atoms. The Bertz CT molecular complexity index is 1590. The lowest BCUT2D eigenvalue weighted by molar-refractivity contribution is -0.315. The highest BCUT2D eigenvalue weighted by atomic mass is 19.4. The van der Waals surface area contributed by atoms with E-state index in [1.165, 1.54) is 27.7 Å². The summed E-state index contributed by atoms with van der Waals surface area (Å²) >= 11 is 0. The second kappa shape index (κ2) is 11.4. The van der Waals surface area contributed by atoms with Crippen LogP contribution in [0.5, 0.6) is 0 Å². The number of halogens is 12. The molecule has 0 aliphatic heterocycles. The number of rotatable bonds is 7. The van der Waals surface area contributed by atoms with Crippen LogP contribution in [0.4, 0.5) is 52.7 Å². The van der Waals surface area contributed by atoms with Crippen LogP contribution in [0.25, 0.3) is 11.1 Å². The molecular formula is C34H26F12. The average Bonchev–Trinajstić information content (AvgIpc) is 2.97. The Balaban J connectivity index is 1.74. The second-order valence-electron chi connectivity index (χ2n) is 11.2. The first-order chi connectivity index (χ1) is 21.0. The van der Waals surface area contributed by atoms with E-state index in [-0.39, 0.29) is 22.3 Å². The normalized spacial score (nSPS) is 15.7. The van der Waals surface area contributed by atoms with Crippen molar-refractivity contribution < 1.29 is 52.7 Å². The zero-order valence-corrected chi connectivity index (χ0v) is 24.6. The van der Waals surface area contributed by atoms with E-state index < -0.39 is 57.8 Å². The predicted molar refractivity (Wildman–Crippen MR) is 149 cm³/mol. The maximum Gasteiger partial charge on any atom is 0.433 e. The molecule has 0 saturated heterocycles. The molecule has 246 valence electrons. The van der Waals surface area contributed by atoms with Crippen LogP contribution in [-0.2, 0) is 23.2 Å². The molecule has 0 bridgehead atoms. The van der Waals surface area contributed by atoms with Crippen molar-refractivity contribution in [1.82, 2.24) is 0 Å². The molecule has 2 atom stereocenters. The standard InChI is InChI=1S/C34H26F12/c1-19-5-11-27(17-21(19)3)31(37,38)29(35,33(41,42)43)25-13-7-23(8-14-25)24-9-15-26(16-10-24)30(36,34(44,45)46)32(39,40)28-12-6-20(2)22(4)18-28/h5-18H,1-4H3. The Morgan fingerprint density at radius 3 is 0.826 bits per heavy atom. The van der Waals surface area contributed by atoms with Gasteiger partial charge in [0.15, 0.2) is 0 Å². The van der Waals surface area contributed by atoms with Crippen LogP contribution < -0.4 is 0 Å². The molecule has 0 nitrogen and oxygen atoms in total. The van der Waals surface area contributed by atoms with Crippen LogP contribution >= 0.6 is 0 Å². The molecule has 4 aromatic carbocycles. The number of alkyl halides is 12. The summed E-state index contributed by atoms with van der Waals surface area (Å²) in [6.07, 6.45) is -12.2. The van der Waals surface area contributed by atoms with E-state index in [0.717, 1.165) is 48.5 Å². The summed E-state index contributed by atoms with van der Waals surface area (Å²) in [7, 11) is 0. The van der Waals surface area contributed by atoms with Crippen molar-refractivity contribution >= 4 is 0 Å². The highest BCUT2D eigenvalue weighted by Crippen LogP contribution is 2.58. The van der Waals surface area contributed by atoms with Crippen LogP contribution in [0.2, 0.25) is 0 Å². The average molecular weight is 663 g/mol. The van der Waals surface area contributed by atoms with Crippen LogP contribution in [0, 0.1) is 27.7 Å². The van der Waals surface area contributed by atoms with Crippen molar-refractivity contribution in [2.24, 2.45) is 0 Å². The topological polar surface area (TPSA) is 0 Å². The van der Waals surface area contributed by atoms with Gasteiger partial charge in [0.1, 0.15) is 0 Å². The van der Waals surface area contributed by atoms with E-state index in [2.05, 4.69) is 0 Å². The summed E-state index contributed by atoms with van der Waals surface area (Å²) < 4.78 is 177. The van der Waals surface area contributed by atoms with Gasteiger partial charge in [-0.15, -0.1) is 0 Å². The SMILES string of the molecule is Cc1ccc(C(F)(F)C(F)(c2ccc(-c3ccc(C(F)(C(F)(F)F)C(F)(F)c4ccc(C)c(C)c4)cc3)cc2)C(F)(F)F)cc1C. The highest BCUT2D eigenvalue weighted by Gasteiger charge is 2.73. The van der Waals surface area contributed by atoms with Gasteiger partial charge in [-0.2, -0.15) is 43.9 Å². The summed E-state index contributed by atoms with van der Waals surface area (Å²) in [4.78, 5) is 0. The van der Waals surface area contributed by atoms with Crippen molar-refractivity contribution in [2.45, 2.75) is 63.2 Å². The fourth-order valence-electron chi connectivity index (χ4n) is 5.10. The van der Waals surface area contributed by atoms with Gasteiger partial charge in [0, 0.05) is 22.3 Å². The van der Waals surface area contributed by atoms with Crippen LogP contribution in [-0.4, -0.2) is 12.4 Å². The van der Waals surface area contributed by atoms with Crippen molar-refractivity contribution in [3.8, 4) is 11.1 Å². The fourth-order valence-corrected chi connectivity index (χ4v) is 5.10. The molecule has 0 fully saturated rings. The molecule has 2 unspecified atom stereocenters. The van der Waals surface area contributed by atoms with Crippen molar-refractivity contribution in [3.05, 3.63) is 129 Å². The van der Waals surface area contributed by atoms with Crippen LogP contribution in [0.3, 0.4) is 0 Å². The first kappa shape index (κ1) is 34.9. The minimum absolute atomic E-state index is 0.105. The van der Waals surface area contributed by atoms with E-state index in [9.17, 15) is 26.3 Å². The summed E-state index contributed by atoms with van der Waals surface area (Å²) in [5.74, 6) is -10.2. The third-order valence-electron chi connectivity index (χ3n) is 8.28. The van der Waals surface area contributed by atoms with E-state index in [4.69, 9.17) is 0 Å². The van der Waals surface area contributed by atoms with E-state index in [1.54, 1.807) is 0 Å². The number of hydrogen-bond donors (Lipinski definition) is 0. The fraction of sp³-hybridized carbons (Fsp3) is 0.294. The highest BCUT2D eigenvalue weighted by molar-refractivity contribution is 5.65. The van der Waals surface area contributed by atoms with Gasteiger partial charge < -0.3 is 0 Å². The molecule has 0 saturated carbocycles. The Morgan fingerprint density at radius 2 is 0.587 bits per heavy atom. The minimum atomic E-state index is -6.10. The minimum Gasteiger partial charge on any atom is -0.221 e. The molecule has 0 N–H and O–H groups in total. The second-order valence-corrected chi connectivity index (χ2v) is 11.2. The third kappa shape index (κ3) is 5.43. The summed E-state index contributed by atoms with van der Waals surface area (Å²) in [6, 6.07) is 10.1. The zero-order chi connectivity index (χ0) is 34.7. The van der Waals surface area contributed by atoms with Crippen molar-refractivity contribution in [3.63, 3.8) is 0 Å². The Morgan fingerprint density at radius 1 is 0.326 bits per heavy atom. The number of hydrogen-bond acceptors (Lipinski definition) is 0. The lowest BCUT2D eigenvalue weighted by atomic mass is 9.82. The molecule has 0 heterocycles. The zero-order valence-electron chi connectivity index (χ0n) is 24.6. The van der Waals surface area contributed by atoms with Crippen LogP contribution in [0.15, 0.2) is 84.9 Å². The van der Waals surface area contributed by atoms with Crippen LogP contribution in [0.1, 0.15) is 44.5 Å². The Hall–Kier alpha value is -3.96. The summed E-state index contributed by atoms with van der Waals surface area (Å²) in [5, 5.41) is 0. The molecule has 0 aromatic heterocycles. The molecule has 0 aliphatic rings. The van der Waals surface area contributed by atoms with Gasteiger partial charge in [-0.25, -0.2) is 8.78 Å². The quantitative estimate of drug-likeness (QED) is 0.173. The molecule has 0 amide bonds. The van der Waals surface area contributed by atoms with Gasteiger partial charge in [-0.05, 0) is 73.2 Å². The van der Waals surface area contributed by atoms with Gasteiger partial charge in [-0.3, -0.25) is 0 Å². The molecular weight excluding hydrogens is 636 g/mol. The summed E-state index contributed by atoms with van der Waals surface area (Å²) in [6.45, 7) is 5.80. The molecule has 12 heteroatoms. The smallest absolute Gasteiger partial charge is 0.221 e. The first-order valence-corrected chi connectivity index (χ1v) is 13.6. The van der Waals surface area contributed by atoms with Gasteiger partial charge >= 0.3 is 24.2 Å². The third-order valence-corrected chi connectivity index (χ3v) is 8.28. The molecule has 4 aromatic rings. The van der Waals surface area contributed by atoms with Gasteiger partial charge in [0.05, 0.1) is 0 Å². The maximum absolute atomic E-state index is 15.8. The summed E-state index contributed by atoms with van der Waals surface area (Å²) in [5.41, 5.74) is -14.6. The van der Waals surface area contributed by atoms with E-state index >= 15 is 26.3 Å². The monoisotopic (exact) mass is 662 g/mol. The lowest BCUT2D eigenvalue weighted by Crippen LogP contribution is -2.51.